The molecule has 1 aromatic carbocycles. The van der Waals surface area contributed by atoms with E-state index in [-0.39, 0.29) is 28.7 Å². The van der Waals surface area contributed by atoms with Crippen LogP contribution in [0.5, 0.6) is 0 Å². The lowest BCUT2D eigenvalue weighted by Crippen LogP contribution is -2.24. The molecular formula is C17H22ClN3O3S2. The van der Waals surface area contributed by atoms with E-state index < -0.39 is 9.84 Å². The number of carbonyl (C=O) groups excluding carboxylic acids is 1. The monoisotopic (exact) mass is 415 g/mol. The van der Waals surface area contributed by atoms with Crippen molar-refractivity contribution >= 4 is 50.0 Å². The molecule has 1 aromatic rings. The first-order valence-corrected chi connectivity index (χ1v) is 11.8. The van der Waals surface area contributed by atoms with Gasteiger partial charge in [-0.05, 0) is 24.6 Å². The highest BCUT2D eigenvalue weighted by Gasteiger charge is 2.42. The average molecular weight is 416 g/mol. The van der Waals surface area contributed by atoms with Crippen LogP contribution in [0.1, 0.15) is 36.5 Å². The number of sulfone groups is 1. The van der Waals surface area contributed by atoms with Gasteiger partial charge in [-0.1, -0.05) is 43.1 Å². The van der Waals surface area contributed by atoms with E-state index in [1.165, 1.54) is 11.8 Å². The summed E-state index contributed by atoms with van der Waals surface area (Å²) < 4.78 is 23.3. The lowest BCUT2D eigenvalue weighted by atomic mass is 10.2. The van der Waals surface area contributed by atoms with Crippen LogP contribution in [0, 0.1) is 0 Å². The Bertz CT molecular complexity index is 827. The van der Waals surface area contributed by atoms with Crippen LogP contribution in [0.2, 0.25) is 5.02 Å². The summed E-state index contributed by atoms with van der Waals surface area (Å²) in [5.74, 6) is 0.124. The third-order valence-corrected chi connectivity index (χ3v) is 7.83. The summed E-state index contributed by atoms with van der Waals surface area (Å²) in [5.41, 5.74) is 1.13. The molecule has 0 saturated carbocycles. The van der Waals surface area contributed by atoms with E-state index in [9.17, 15) is 13.2 Å². The Balaban J connectivity index is 1.65. The number of rotatable bonds is 6. The number of unbranched alkanes of at least 4 members (excludes halogenated alkanes) is 2. The van der Waals surface area contributed by atoms with Gasteiger partial charge < -0.3 is 10.6 Å². The van der Waals surface area contributed by atoms with Crippen molar-refractivity contribution in [2.24, 2.45) is 4.99 Å². The summed E-state index contributed by atoms with van der Waals surface area (Å²) in [6.45, 7) is 2.77. The van der Waals surface area contributed by atoms with Crippen LogP contribution >= 0.6 is 23.4 Å². The van der Waals surface area contributed by atoms with E-state index in [0.717, 1.165) is 19.3 Å². The number of amides is 1. The number of hydrogen-bond donors (Lipinski definition) is 2. The summed E-state index contributed by atoms with van der Waals surface area (Å²) in [7, 11) is -2.98. The molecule has 2 aliphatic rings. The number of thioether (sulfide) groups is 1. The van der Waals surface area contributed by atoms with E-state index in [1.807, 2.05) is 0 Å². The van der Waals surface area contributed by atoms with Gasteiger partial charge in [0.05, 0.1) is 28.3 Å². The maximum Gasteiger partial charge on any atom is 0.251 e. The number of amidine groups is 1. The molecule has 0 bridgehead atoms. The molecule has 2 aliphatic heterocycles. The first-order chi connectivity index (χ1) is 12.4. The van der Waals surface area contributed by atoms with Gasteiger partial charge in [0.1, 0.15) is 0 Å². The van der Waals surface area contributed by atoms with E-state index in [4.69, 9.17) is 11.6 Å². The topological polar surface area (TPSA) is 87.6 Å². The highest BCUT2D eigenvalue weighted by Crippen LogP contribution is 2.35. The van der Waals surface area contributed by atoms with Gasteiger partial charge in [-0.2, -0.15) is 0 Å². The van der Waals surface area contributed by atoms with E-state index in [2.05, 4.69) is 22.5 Å². The number of nitrogens with zero attached hydrogens (tertiary/aromatic N) is 1. The number of carbonyl (C=O) groups is 1. The number of hydrogen-bond acceptors (Lipinski definition) is 6. The molecule has 1 fully saturated rings. The van der Waals surface area contributed by atoms with Crippen molar-refractivity contribution in [3.8, 4) is 0 Å². The van der Waals surface area contributed by atoms with Crippen LogP contribution in [0.4, 0.5) is 5.69 Å². The summed E-state index contributed by atoms with van der Waals surface area (Å²) in [5, 5.41) is 7.15. The normalized spacial score (nSPS) is 23.4. The van der Waals surface area contributed by atoms with Crippen LogP contribution < -0.4 is 10.6 Å². The number of fused-ring (bicyclic) bond motifs is 1. The summed E-state index contributed by atoms with van der Waals surface area (Å²) in [4.78, 5) is 16.7. The fourth-order valence-electron chi connectivity index (χ4n) is 2.97. The minimum atomic E-state index is -2.98. The van der Waals surface area contributed by atoms with Crippen LogP contribution in [-0.2, 0) is 9.84 Å². The van der Waals surface area contributed by atoms with E-state index in [0.29, 0.717) is 28.0 Å². The predicted molar refractivity (Wildman–Crippen MR) is 108 cm³/mol. The number of benzene rings is 1. The Labute approximate surface area is 163 Å². The Morgan fingerprint density at radius 3 is 2.88 bits per heavy atom. The smallest absolute Gasteiger partial charge is 0.251 e. The first-order valence-electron chi connectivity index (χ1n) is 8.67. The number of halogens is 1. The molecule has 6 nitrogen and oxygen atoms in total. The molecule has 3 rings (SSSR count). The van der Waals surface area contributed by atoms with Crippen LogP contribution in [0.15, 0.2) is 23.2 Å². The van der Waals surface area contributed by atoms with Crippen LogP contribution in [0.3, 0.4) is 0 Å². The predicted octanol–water partition coefficient (Wildman–Crippen LogP) is 2.94. The molecule has 1 saturated heterocycles. The second kappa shape index (κ2) is 8.19. The van der Waals surface area contributed by atoms with E-state index >= 15 is 0 Å². The fourth-order valence-corrected chi connectivity index (χ4v) is 6.81. The zero-order chi connectivity index (χ0) is 18.7. The maximum absolute atomic E-state index is 12.3. The second-order valence-corrected chi connectivity index (χ2v) is 10.3. The highest BCUT2D eigenvalue weighted by molar-refractivity contribution is 8.15. The minimum absolute atomic E-state index is 0.0358. The molecule has 2 N–H and O–H groups in total. The zero-order valence-electron chi connectivity index (χ0n) is 14.5. The van der Waals surface area contributed by atoms with Gasteiger partial charge in [0, 0.05) is 17.4 Å². The Morgan fingerprint density at radius 2 is 2.15 bits per heavy atom. The van der Waals surface area contributed by atoms with Crippen LogP contribution in [0.25, 0.3) is 0 Å². The van der Waals surface area contributed by atoms with Gasteiger partial charge >= 0.3 is 0 Å². The SMILES string of the molecule is CCCCCNC(=O)c1ccc(Cl)c(NC2=NC3CS(=O)(=O)CC3S2)c1. The summed E-state index contributed by atoms with van der Waals surface area (Å²) >= 11 is 7.66. The number of aliphatic imine (C=N–C) groups is 1. The van der Waals surface area contributed by atoms with Crippen molar-refractivity contribution in [1.29, 1.82) is 0 Å². The van der Waals surface area contributed by atoms with Crippen LogP contribution in [-0.4, -0.2) is 48.8 Å². The lowest BCUT2D eigenvalue weighted by Gasteiger charge is -2.11. The lowest BCUT2D eigenvalue weighted by molar-refractivity contribution is 0.0953. The molecule has 26 heavy (non-hydrogen) atoms. The van der Waals surface area contributed by atoms with Gasteiger partial charge in [0.25, 0.3) is 5.91 Å². The van der Waals surface area contributed by atoms with Crippen molar-refractivity contribution in [2.45, 2.75) is 37.5 Å². The average Bonchev–Trinajstić information content (AvgIpc) is 3.06. The Kier molecular flexibility index (Phi) is 6.14. The first kappa shape index (κ1) is 19.5. The number of anilines is 1. The van der Waals surface area contributed by atoms with Gasteiger partial charge in [-0.3, -0.25) is 9.79 Å². The standard InChI is InChI=1S/C17H22ClN3O3S2/c1-2-3-4-7-19-16(22)11-5-6-12(18)13(8-11)20-17-21-14-9-26(23,24)10-15(14)25-17/h5-6,8,14-15H,2-4,7,9-10H2,1H3,(H,19,22)(H,20,21). The zero-order valence-corrected chi connectivity index (χ0v) is 16.9. The Morgan fingerprint density at radius 1 is 1.35 bits per heavy atom. The van der Waals surface area contributed by atoms with Crippen molar-refractivity contribution in [1.82, 2.24) is 5.32 Å². The van der Waals surface area contributed by atoms with Gasteiger partial charge in [0.15, 0.2) is 15.0 Å². The third kappa shape index (κ3) is 4.72. The highest BCUT2D eigenvalue weighted by atomic mass is 35.5. The molecule has 0 radical (unpaired) electrons. The quantitative estimate of drug-likeness (QED) is 0.697. The molecule has 1 amide bonds. The largest absolute Gasteiger partial charge is 0.352 e. The molecule has 0 aliphatic carbocycles. The van der Waals surface area contributed by atoms with Crippen molar-refractivity contribution in [3.05, 3.63) is 28.8 Å². The molecule has 0 aromatic heterocycles. The fraction of sp³-hybridized carbons (Fsp3) is 0.529. The molecule has 2 atom stereocenters. The van der Waals surface area contributed by atoms with Gasteiger partial charge in [-0.25, -0.2) is 8.42 Å². The number of nitrogens with one attached hydrogen (secondary N) is 2. The molecular weight excluding hydrogens is 394 g/mol. The van der Waals surface area contributed by atoms with Crippen molar-refractivity contribution in [2.75, 3.05) is 23.4 Å². The van der Waals surface area contributed by atoms with Gasteiger partial charge in [0.2, 0.25) is 0 Å². The second-order valence-electron chi connectivity index (χ2n) is 6.52. The third-order valence-electron chi connectivity index (χ3n) is 4.35. The maximum atomic E-state index is 12.3. The Hall–Kier alpha value is -1.25. The molecule has 9 heteroatoms. The van der Waals surface area contributed by atoms with Crippen molar-refractivity contribution in [3.63, 3.8) is 0 Å². The summed E-state index contributed by atoms with van der Waals surface area (Å²) in [6, 6.07) is 4.87. The molecule has 2 heterocycles. The minimum Gasteiger partial charge on any atom is -0.352 e. The van der Waals surface area contributed by atoms with E-state index in [1.54, 1.807) is 18.2 Å². The van der Waals surface area contributed by atoms with Crippen molar-refractivity contribution < 1.29 is 13.2 Å². The molecule has 0 spiro atoms. The van der Waals surface area contributed by atoms with Gasteiger partial charge in [-0.15, -0.1) is 0 Å². The summed E-state index contributed by atoms with van der Waals surface area (Å²) in [6.07, 6.45) is 3.15. The molecule has 142 valence electrons. The molecule has 2 unspecified atom stereocenters.